The van der Waals surface area contributed by atoms with E-state index >= 15 is 0 Å². The van der Waals surface area contributed by atoms with Crippen molar-refractivity contribution in [1.29, 1.82) is 0 Å². The quantitative estimate of drug-likeness (QED) is 0.828. The SMILES string of the molecule is Cc1cc(Cl)nc(NCc2ccncc2)c1. The molecule has 0 saturated heterocycles. The molecule has 0 bridgehead atoms. The van der Waals surface area contributed by atoms with Gasteiger partial charge in [-0.1, -0.05) is 11.6 Å². The Labute approximate surface area is 99.5 Å². The summed E-state index contributed by atoms with van der Waals surface area (Å²) >= 11 is 5.87. The minimum absolute atomic E-state index is 0.511. The first-order chi connectivity index (χ1) is 7.74. The van der Waals surface area contributed by atoms with Crippen LogP contribution in [0.2, 0.25) is 5.15 Å². The van der Waals surface area contributed by atoms with Crippen LogP contribution in [0.3, 0.4) is 0 Å². The van der Waals surface area contributed by atoms with Gasteiger partial charge < -0.3 is 5.32 Å². The van der Waals surface area contributed by atoms with Gasteiger partial charge in [-0.3, -0.25) is 4.98 Å². The third-order valence-electron chi connectivity index (χ3n) is 2.16. The summed E-state index contributed by atoms with van der Waals surface area (Å²) in [6.07, 6.45) is 3.54. The molecule has 3 nitrogen and oxygen atoms in total. The van der Waals surface area contributed by atoms with E-state index in [0.717, 1.165) is 23.5 Å². The lowest BCUT2D eigenvalue weighted by atomic mass is 10.2. The number of rotatable bonds is 3. The maximum absolute atomic E-state index is 5.87. The van der Waals surface area contributed by atoms with Gasteiger partial charge in [-0.2, -0.15) is 0 Å². The first kappa shape index (κ1) is 10.9. The molecular weight excluding hydrogens is 222 g/mol. The van der Waals surface area contributed by atoms with E-state index in [-0.39, 0.29) is 0 Å². The van der Waals surface area contributed by atoms with Crippen LogP contribution in [0.1, 0.15) is 11.1 Å². The molecule has 16 heavy (non-hydrogen) atoms. The highest BCUT2D eigenvalue weighted by Gasteiger charge is 1.98. The van der Waals surface area contributed by atoms with Gasteiger partial charge in [0.1, 0.15) is 11.0 Å². The third-order valence-corrected chi connectivity index (χ3v) is 2.36. The van der Waals surface area contributed by atoms with Crippen LogP contribution < -0.4 is 5.32 Å². The molecule has 0 amide bonds. The van der Waals surface area contributed by atoms with Crippen molar-refractivity contribution in [3.05, 3.63) is 52.9 Å². The van der Waals surface area contributed by atoms with E-state index in [1.807, 2.05) is 31.2 Å². The van der Waals surface area contributed by atoms with Crippen LogP contribution in [0.15, 0.2) is 36.7 Å². The topological polar surface area (TPSA) is 37.8 Å². The Morgan fingerprint density at radius 3 is 2.69 bits per heavy atom. The summed E-state index contributed by atoms with van der Waals surface area (Å²) in [6, 6.07) is 7.72. The average Bonchev–Trinajstić information content (AvgIpc) is 2.27. The fourth-order valence-corrected chi connectivity index (χ4v) is 1.67. The molecule has 0 atom stereocenters. The maximum Gasteiger partial charge on any atom is 0.131 e. The summed E-state index contributed by atoms with van der Waals surface area (Å²) in [7, 11) is 0. The number of nitrogens with zero attached hydrogens (tertiary/aromatic N) is 2. The van der Waals surface area contributed by atoms with Gasteiger partial charge in [0, 0.05) is 18.9 Å². The molecule has 0 aromatic carbocycles. The van der Waals surface area contributed by atoms with E-state index in [1.165, 1.54) is 0 Å². The summed E-state index contributed by atoms with van der Waals surface area (Å²) in [5, 5.41) is 3.73. The zero-order valence-corrected chi connectivity index (χ0v) is 9.70. The molecule has 0 radical (unpaired) electrons. The lowest BCUT2D eigenvalue weighted by Gasteiger charge is -2.06. The Balaban J connectivity index is 2.05. The molecule has 0 unspecified atom stereocenters. The molecule has 2 aromatic rings. The second-order valence-corrected chi connectivity index (χ2v) is 3.95. The zero-order valence-electron chi connectivity index (χ0n) is 8.94. The van der Waals surface area contributed by atoms with E-state index in [2.05, 4.69) is 15.3 Å². The molecule has 0 aliphatic carbocycles. The van der Waals surface area contributed by atoms with Crippen LogP contribution in [0.25, 0.3) is 0 Å². The number of aryl methyl sites for hydroxylation is 1. The fraction of sp³-hybridized carbons (Fsp3) is 0.167. The number of pyridine rings is 2. The van der Waals surface area contributed by atoms with Gasteiger partial charge in [-0.15, -0.1) is 0 Å². The molecule has 0 saturated carbocycles. The second-order valence-electron chi connectivity index (χ2n) is 3.56. The van der Waals surface area contributed by atoms with Gasteiger partial charge >= 0.3 is 0 Å². The first-order valence-electron chi connectivity index (χ1n) is 5.01. The highest BCUT2D eigenvalue weighted by atomic mass is 35.5. The minimum atomic E-state index is 0.511. The monoisotopic (exact) mass is 233 g/mol. The largest absolute Gasteiger partial charge is 0.366 e. The number of hydrogen-bond acceptors (Lipinski definition) is 3. The Kier molecular flexibility index (Phi) is 3.37. The number of halogens is 1. The van der Waals surface area contributed by atoms with Gasteiger partial charge in [0.2, 0.25) is 0 Å². The maximum atomic E-state index is 5.87. The van der Waals surface area contributed by atoms with Gasteiger partial charge in [0.05, 0.1) is 0 Å². The number of aromatic nitrogens is 2. The zero-order chi connectivity index (χ0) is 11.4. The van der Waals surface area contributed by atoms with Crippen molar-refractivity contribution >= 4 is 17.4 Å². The second kappa shape index (κ2) is 4.94. The molecule has 4 heteroatoms. The van der Waals surface area contributed by atoms with Crippen molar-refractivity contribution in [1.82, 2.24) is 9.97 Å². The molecule has 1 N–H and O–H groups in total. The molecule has 2 rings (SSSR count). The number of anilines is 1. The standard InChI is InChI=1S/C12H12ClN3/c1-9-6-11(13)16-12(7-9)15-8-10-2-4-14-5-3-10/h2-7H,8H2,1H3,(H,15,16). The van der Waals surface area contributed by atoms with Crippen LogP contribution in [0.5, 0.6) is 0 Å². The minimum Gasteiger partial charge on any atom is -0.366 e. The van der Waals surface area contributed by atoms with Gasteiger partial charge in [0.15, 0.2) is 0 Å². The Morgan fingerprint density at radius 2 is 2.00 bits per heavy atom. The first-order valence-corrected chi connectivity index (χ1v) is 5.39. The van der Waals surface area contributed by atoms with Crippen molar-refractivity contribution in [2.75, 3.05) is 5.32 Å². The molecule has 82 valence electrons. The van der Waals surface area contributed by atoms with E-state index in [1.54, 1.807) is 12.4 Å². The Bertz CT molecular complexity index is 451. The van der Waals surface area contributed by atoms with Crippen molar-refractivity contribution in [2.45, 2.75) is 13.5 Å². The average molecular weight is 234 g/mol. The predicted molar refractivity (Wildman–Crippen MR) is 65.5 cm³/mol. The van der Waals surface area contributed by atoms with Crippen LogP contribution in [0, 0.1) is 6.92 Å². The Morgan fingerprint density at radius 1 is 1.25 bits per heavy atom. The van der Waals surface area contributed by atoms with Crippen LogP contribution in [-0.2, 0) is 6.54 Å². The summed E-state index contributed by atoms with van der Waals surface area (Å²) in [5.74, 6) is 0.793. The van der Waals surface area contributed by atoms with E-state index < -0.39 is 0 Å². The lowest BCUT2D eigenvalue weighted by molar-refractivity contribution is 1.09. The van der Waals surface area contributed by atoms with Crippen molar-refractivity contribution in [2.24, 2.45) is 0 Å². The van der Waals surface area contributed by atoms with Gasteiger partial charge in [0.25, 0.3) is 0 Å². The summed E-state index contributed by atoms with van der Waals surface area (Å²) in [5.41, 5.74) is 2.26. The van der Waals surface area contributed by atoms with Gasteiger partial charge in [-0.25, -0.2) is 4.98 Å². The van der Waals surface area contributed by atoms with E-state index in [0.29, 0.717) is 5.15 Å². The van der Waals surface area contributed by atoms with Crippen molar-refractivity contribution in [3.8, 4) is 0 Å². The summed E-state index contributed by atoms with van der Waals surface area (Å²) in [4.78, 5) is 8.15. The van der Waals surface area contributed by atoms with Crippen LogP contribution in [-0.4, -0.2) is 9.97 Å². The van der Waals surface area contributed by atoms with E-state index in [4.69, 9.17) is 11.6 Å². The summed E-state index contributed by atoms with van der Waals surface area (Å²) in [6.45, 7) is 2.71. The third kappa shape index (κ3) is 2.94. The lowest BCUT2D eigenvalue weighted by Crippen LogP contribution is -2.01. The molecule has 2 aromatic heterocycles. The summed E-state index contributed by atoms with van der Waals surface area (Å²) < 4.78 is 0. The molecule has 0 aliphatic heterocycles. The molecule has 2 heterocycles. The smallest absolute Gasteiger partial charge is 0.131 e. The fourth-order valence-electron chi connectivity index (χ4n) is 1.41. The van der Waals surface area contributed by atoms with Crippen molar-refractivity contribution < 1.29 is 0 Å². The highest BCUT2D eigenvalue weighted by Crippen LogP contribution is 2.14. The van der Waals surface area contributed by atoms with Crippen molar-refractivity contribution in [3.63, 3.8) is 0 Å². The highest BCUT2D eigenvalue weighted by molar-refractivity contribution is 6.29. The van der Waals surface area contributed by atoms with E-state index in [9.17, 15) is 0 Å². The molecule has 0 fully saturated rings. The normalized spacial score (nSPS) is 10.1. The van der Waals surface area contributed by atoms with Gasteiger partial charge in [-0.05, 0) is 42.3 Å². The number of hydrogen-bond donors (Lipinski definition) is 1. The van der Waals surface area contributed by atoms with Crippen LogP contribution >= 0.6 is 11.6 Å². The Hall–Kier alpha value is -1.61. The molecular formula is C12H12ClN3. The predicted octanol–water partition coefficient (Wildman–Crippen LogP) is 3.05. The van der Waals surface area contributed by atoms with Crippen LogP contribution in [0.4, 0.5) is 5.82 Å². The number of nitrogens with one attached hydrogen (secondary N) is 1. The molecule has 0 aliphatic rings. The molecule has 0 spiro atoms.